The molecule has 2 saturated heterocycles. The van der Waals surface area contributed by atoms with E-state index in [9.17, 15) is 13.2 Å². The molecule has 0 aromatic heterocycles. The first-order valence-corrected chi connectivity index (χ1v) is 9.97. The van der Waals surface area contributed by atoms with Crippen LogP contribution in [0.25, 0.3) is 0 Å². The van der Waals surface area contributed by atoms with Gasteiger partial charge in [0.25, 0.3) is 0 Å². The SMILES string of the molecule is CCNC(=NCCCN1CC(C)OC(C)C1)NC1CCN(CC(F)(F)F)C1. The van der Waals surface area contributed by atoms with Gasteiger partial charge in [0.05, 0.1) is 18.8 Å². The van der Waals surface area contributed by atoms with Crippen LogP contribution in [0.4, 0.5) is 13.2 Å². The molecular weight excluding hydrogens is 359 g/mol. The van der Waals surface area contributed by atoms with Crippen LogP contribution in [0.1, 0.15) is 33.6 Å². The summed E-state index contributed by atoms with van der Waals surface area (Å²) < 4.78 is 43.3. The van der Waals surface area contributed by atoms with E-state index in [0.29, 0.717) is 32.0 Å². The van der Waals surface area contributed by atoms with Crippen LogP contribution in [0.15, 0.2) is 4.99 Å². The first-order chi connectivity index (χ1) is 12.7. The molecule has 0 aliphatic carbocycles. The summed E-state index contributed by atoms with van der Waals surface area (Å²) in [5, 5.41) is 6.47. The standard InChI is InChI=1S/C18H34F3N5O/c1-4-22-17(24-16-6-9-26(12-16)13-18(19,20)21)23-7-5-8-25-10-14(2)27-15(3)11-25/h14-16H,4-13H2,1-3H3,(H2,22,23,24). The van der Waals surface area contributed by atoms with Gasteiger partial charge in [-0.25, -0.2) is 0 Å². The zero-order chi connectivity index (χ0) is 19.9. The highest BCUT2D eigenvalue weighted by molar-refractivity contribution is 5.80. The Bertz CT molecular complexity index is 464. The number of nitrogens with one attached hydrogen (secondary N) is 2. The van der Waals surface area contributed by atoms with E-state index >= 15 is 0 Å². The lowest BCUT2D eigenvalue weighted by molar-refractivity contribution is -0.143. The van der Waals surface area contributed by atoms with Gasteiger partial charge < -0.3 is 15.4 Å². The highest BCUT2D eigenvalue weighted by Gasteiger charge is 2.34. The number of likely N-dealkylation sites (tertiary alicyclic amines) is 1. The summed E-state index contributed by atoms with van der Waals surface area (Å²) in [7, 11) is 0. The number of halogens is 3. The molecule has 3 unspecified atom stereocenters. The van der Waals surface area contributed by atoms with Gasteiger partial charge in [-0.05, 0) is 33.6 Å². The molecule has 27 heavy (non-hydrogen) atoms. The van der Waals surface area contributed by atoms with Crippen LogP contribution in [0, 0.1) is 0 Å². The molecule has 0 aromatic rings. The van der Waals surface area contributed by atoms with Crippen molar-refractivity contribution in [3.63, 3.8) is 0 Å². The average Bonchev–Trinajstić information content (AvgIpc) is 2.95. The predicted molar refractivity (Wildman–Crippen MR) is 101 cm³/mol. The van der Waals surface area contributed by atoms with Gasteiger partial charge in [-0.1, -0.05) is 0 Å². The van der Waals surface area contributed by atoms with E-state index < -0.39 is 12.7 Å². The quantitative estimate of drug-likeness (QED) is 0.392. The highest BCUT2D eigenvalue weighted by atomic mass is 19.4. The normalized spacial score (nSPS) is 28.5. The van der Waals surface area contributed by atoms with Gasteiger partial charge in [-0.2, -0.15) is 13.2 Å². The van der Waals surface area contributed by atoms with Crippen molar-refractivity contribution in [3.8, 4) is 0 Å². The predicted octanol–water partition coefficient (Wildman–Crippen LogP) is 1.68. The number of aliphatic imine (C=N–C) groups is 1. The molecule has 6 nitrogen and oxygen atoms in total. The van der Waals surface area contributed by atoms with Gasteiger partial charge >= 0.3 is 6.18 Å². The molecule has 0 aromatic carbocycles. The second-order valence-electron chi connectivity index (χ2n) is 7.61. The third-order valence-corrected chi connectivity index (χ3v) is 4.76. The largest absolute Gasteiger partial charge is 0.401 e. The van der Waals surface area contributed by atoms with Crippen molar-refractivity contribution in [1.29, 1.82) is 0 Å². The fraction of sp³-hybridized carbons (Fsp3) is 0.944. The van der Waals surface area contributed by atoms with E-state index in [1.54, 1.807) is 0 Å². The van der Waals surface area contributed by atoms with Crippen molar-refractivity contribution in [2.75, 3.05) is 52.4 Å². The Hall–Kier alpha value is -1.06. The summed E-state index contributed by atoms with van der Waals surface area (Å²) in [5.74, 6) is 0.695. The van der Waals surface area contributed by atoms with Gasteiger partial charge in [0.15, 0.2) is 5.96 Å². The third-order valence-electron chi connectivity index (χ3n) is 4.76. The fourth-order valence-corrected chi connectivity index (χ4v) is 3.81. The minimum atomic E-state index is -4.14. The first kappa shape index (κ1) is 22.2. The van der Waals surface area contributed by atoms with E-state index in [0.717, 1.165) is 32.6 Å². The molecule has 2 aliphatic rings. The maximum absolute atomic E-state index is 12.5. The van der Waals surface area contributed by atoms with Gasteiger partial charge in [-0.15, -0.1) is 0 Å². The molecule has 158 valence electrons. The van der Waals surface area contributed by atoms with Crippen molar-refractivity contribution >= 4 is 5.96 Å². The molecule has 2 N–H and O–H groups in total. The van der Waals surface area contributed by atoms with Crippen LogP contribution in [0.5, 0.6) is 0 Å². The summed E-state index contributed by atoms with van der Waals surface area (Å²) in [5.41, 5.74) is 0. The second-order valence-corrected chi connectivity index (χ2v) is 7.61. The van der Waals surface area contributed by atoms with E-state index in [4.69, 9.17) is 4.74 Å². The Morgan fingerprint density at radius 3 is 2.48 bits per heavy atom. The lowest BCUT2D eigenvalue weighted by atomic mass is 10.2. The Kier molecular flexibility index (Phi) is 8.62. The van der Waals surface area contributed by atoms with Crippen LogP contribution in [0.2, 0.25) is 0 Å². The van der Waals surface area contributed by atoms with Crippen molar-refractivity contribution in [1.82, 2.24) is 20.4 Å². The number of alkyl halides is 3. The minimum Gasteiger partial charge on any atom is -0.373 e. The van der Waals surface area contributed by atoms with Crippen LogP contribution in [-0.2, 0) is 4.74 Å². The van der Waals surface area contributed by atoms with Gasteiger partial charge in [0, 0.05) is 51.9 Å². The number of morpholine rings is 1. The number of rotatable bonds is 7. The Morgan fingerprint density at radius 1 is 1.15 bits per heavy atom. The van der Waals surface area contributed by atoms with Crippen LogP contribution < -0.4 is 10.6 Å². The molecule has 2 rings (SSSR count). The van der Waals surface area contributed by atoms with E-state index in [-0.39, 0.29) is 18.2 Å². The molecule has 2 fully saturated rings. The lowest BCUT2D eigenvalue weighted by Gasteiger charge is -2.35. The van der Waals surface area contributed by atoms with Gasteiger partial charge in [0.2, 0.25) is 0 Å². The average molecular weight is 393 g/mol. The molecule has 2 heterocycles. The molecule has 0 radical (unpaired) electrons. The maximum Gasteiger partial charge on any atom is 0.401 e. The van der Waals surface area contributed by atoms with Crippen molar-refractivity contribution < 1.29 is 17.9 Å². The molecular formula is C18H34F3N5O. The Labute approximate surface area is 160 Å². The molecule has 0 bridgehead atoms. The summed E-state index contributed by atoms with van der Waals surface area (Å²) in [6.45, 7) is 10.5. The van der Waals surface area contributed by atoms with Crippen LogP contribution in [0.3, 0.4) is 0 Å². The molecule has 9 heteroatoms. The first-order valence-electron chi connectivity index (χ1n) is 9.97. The van der Waals surface area contributed by atoms with Crippen LogP contribution in [-0.4, -0.2) is 92.5 Å². The van der Waals surface area contributed by atoms with E-state index in [1.165, 1.54) is 4.90 Å². The number of nitrogens with zero attached hydrogens (tertiary/aromatic N) is 3. The van der Waals surface area contributed by atoms with Gasteiger partial charge in [0.1, 0.15) is 0 Å². The summed E-state index contributed by atoms with van der Waals surface area (Å²) in [4.78, 5) is 8.44. The van der Waals surface area contributed by atoms with Gasteiger partial charge in [-0.3, -0.25) is 14.8 Å². The Balaban J connectivity index is 1.72. The number of ether oxygens (including phenoxy) is 1. The van der Waals surface area contributed by atoms with E-state index in [2.05, 4.69) is 34.4 Å². The zero-order valence-corrected chi connectivity index (χ0v) is 16.7. The minimum absolute atomic E-state index is 0.00564. The second kappa shape index (κ2) is 10.5. The van der Waals surface area contributed by atoms with Crippen LogP contribution >= 0.6 is 0 Å². The van der Waals surface area contributed by atoms with E-state index in [1.807, 2.05) is 6.92 Å². The number of hydrogen-bond donors (Lipinski definition) is 2. The summed E-state index contributed by atoms with van der Waals surface area (Å²) in [6, 6.07) is 0.00564. The monoisotopic (exact) mass is 393 g/mol. The topological polar surface area (TPSA) is 52.1 Å². The molecule has 0 spiro atoms. The summed E-state index contributed by atoms with van der Waals surface area (Å²) >= 11 is 0. The maximum atomic E-state index is 12.5. The lowest BCUT2D eigenvalue weighted by Crippen LogP contribution is -2.46. The molecule has 0 amide bonds. The summed E-state index contributed by atoms with van der Waals surface area (Å²) in [6.07, 6.45) is -1.97. The fourth-order valence-electron chi connectivity index (χ4n) is 3.81. The molecule has 3 atom stereocenters. The smallest absolute Gasteiger partial charge is 0.373 e. The number of guanidine groups is 1. The molecule has 2 aliphatic heterocycles. The zero-order valence-electron chi connectivity index (χ0n) is 16.7. The molecule has 0 saturated carbocycles. The van der Waals surface area contributed by atoms with Crippen molar-refractivity contribution in [2.45, 2.75) is 58.0 Å². The Morgan fingerprint density at radius 2 is 1.85 bits per heavy atom. The highest BCUT2D eigenvalue weighted by Crippen LogP contribution is 2.19. The third kappa shape index (κ3) is 8.66. The van der Waals surface area contributed by atoms with Crippen molar-refractivity contribution in [2.24, 2.45) is 4.99 Å². The number of hydrogen-bond acceptors (Lipinski definition) is 4. The van der Waals surface area contributed by atoms with Crippen molar-refractivity contribution in [3.05, 3.63) is 0 Å².